The summed E-state index contributed by atoms with van der Waals surface area (Å²) in [5.41, 5.74) is 2.52. The fourth-order valence-corrected chi connectivity index (χ4v) is 1.77. The molecule has 0 saturated heterocycles. The Kier molecular flexibility index (Phi) is 5.32. The van der Waals surface area contributed by atoms with Crippen molar-refractivity contribution in [2.75, 3.05) is 13.6 Å². The molecule has 1 aromatic rings. The van der Waals surface area contributed by atoms with Gasteiger partial charge in [0, 0.05) is 12.1 Å². The lowest BCUT2D eigenvalue weighted by atomic mass is 9.85. The summed E-state index contributed by atoms with van der Waals surface area (Å²) in [4.78, 5) is 0. The van der Waals surface area contributed by atoms with E-state index in [1.165, 1.54) is 5.56 Å². The van der Waals surface area contributed by atoms with Crippen LogP contribution in [0.4, 0.5) is 0 Å². The highest BCUT2D eigenvalue weighted by atomic mass is 35.5. The zero-order valence-corrected chi connectivity index (χ0v) is 11.0. The van der Waals surface area contributed by atoms with Gasteiger partial charge in [-0.25, -0.2) is 0 Å². The summed E-state index contributed by atoms with van der Waals surface area (Å²) in [6.45, 7) is 9.47. The minimum absolute atomic E-state index is 0. The van der Waals surface area contributed by atoms with Gasteiger partial charge in [-0.2, -0.15) is 0 Å². The molecule has 0 fully saturated rings. The molecule has 1 aromatic heterocycles. The van der Waals surface area contributed by atoms with E-state index in [0.29, 0.717) is 0 Å². The van der Waals surface area contributed by atoms with Gasteiger partial charge in [-0.3, -0.25) is 0 Å². The smallest absolute Gasteiger partial charge is 0.137 e. The third-order valence-corrected chi connectivity index (χ3v) is 2.49. The third kappa shape index (κ3) is 3.84. The van der Waals surface area contributed by atoms with Crippen LogP contribution in [-0.4, -0.2) is 18.7 Å². The molecule has 0 saturated carbocycles. The van der Waals surface area contributed by atoms with Crippen LogP contribution in [0.25, 0.3) is 0 Å². The lowest BCUT2D eigenvalue weighted by Crippen LogP contribution is -2.29. The molecule has 88 valence electrons. The number of hydrogen-bond donors (Lipinski definition) is 1. The Morgan fingerprint density at radius 2 is 1.93 bits per heavy atom. The van der Waals surface area contributed by atoms with Crippen molar-refractivity contribution in [1.29, 1.82) is 0 Å². The standard InChI is InChI=1S/C11H20N2O.ClH/c1-8-10(9(2)14-13-8)6-11(3,4)7-12-5;/h12H,6-7H2,1-5H3;1H. The van der Waals surface area contributed by atoms with Crippen LogP contribution < -0.4 is 5.32 Å². The Balaban J connectivity index is 0.00000196. The summed E-state index contributed by atoms with van der Waals surface area (Å²) in [6.07, 6.45) is 1.01. The topological polar surface area (TPSA) is 38.1 Å². The number of hydrogen-bond acceptors (Lipinski definition) is 3. The fraction of sp³-hybridized carbons (Fsp3) is 0.727. The molecule has 0 aliphatic rings. The van der Waals surface area contributed by atoms with Crippen LogP contribution in [-0.2, 0) is 6.42 Å². The molecule has 0 bridgehead atoms. The first kappa shape index (κ1) is 14.5. The zero-order valence-electron chi connectivity index (χ0n) is 10.2. The SMILES string of the molecule is CNCC(C)(C)Cc1c(C)noc1C.Cl. The third-order valence-electron chi connectivity index (χ3n) is 2.49. The zero-order chi connectivity index (χ0) is 10.8. The van der Waals surface area contributed by atoms with Crippen molar-refractivity contribution in [2.24, 2.45) is 5.41 Å². The van der Waals surface area contributed by atoms with Crippen LogP contribution in [0.15, 0.2) is 4.52 Å². The van der Waals surface area contributed by atoms with Gasteiger partial charge >= 0.3 is 0 Å². The van der Waals surface area contributed by atoms with E-state index >= 15 is 0 Å². The van der Waals surface area contributed by atoms with Crippen molar-refractivity contribution in [2.45, 2.75) is 34.1 Å². The average Bonchev–Trinajstić information content (AvgIpc) is 2.35. The number of halogens is 1. The van der Waals surface area contributed by atoms with Gasteiger partial charge in [0.25, 0.3) is 0 Å². The molecule has 0 unspecified atom stereocenters. The summed E-state index contributed by atoms with van der Waals surface area (Å²) < 4.78 is 5.15. The van der Waals surface area contributed by atoms with E-state index in [4.69, 9.17) is 4.52 Å². The lowest BCUT2D eigenvalue weighted by Gasteiger charge is -2.23. The average molecular weight is 233 g/mol. The monoisotopic (exact) mass is 232 g/mol. The minimum Gasteiger partial charge on any atom is -0.361 e. The van der Waals surface area contributed by atoms with Gasteiger partial charge in [0.05, 0.1) is 5.69 Å². The number of aryl methyl sites for hydroxylation is 2. The van der Waals surface area contributed by atoms with Crippen molar-refractivity contribution in [3.8, 4) is 0 Å². The Bertz CT molecular complexity index is 288. The normalized spacial score (nSPS) is 11.3. The van der Waals surface area contributed by atoms with Crippen molar-refractivity contribution in [3.63, 3.8) is 0 Å². The molecule has 0 aliphatic carbocycles. The first-order chi connectivity index (χ1) is 6.46. The Morgan fingerprint density at radius 3 is 2.33 bits per heavy atom. The number of rotatable bonds is 4. The lowest BCUT2D eigenvalue weighted by molar-refractivity contribution is 0.344. The van der Waals surface area contributed by atoms with Crippen molar-refractivity contribution >= 4 is 12.4 Å². The first-order valence-electron chi connectivity index (χ1n) is 5.02. The van der Waals surface area contributed by atoms with E-state index in [2.05, 4.69) is 24.3 Å². The minimum atomic E-state index is 0. The van der Waals surface area contributed by atoms with Gasteiger partial charge in [0.2, 0.25) is 0 Å². The second-order valence-electron chi connectivity index (χ2n) is 4.67. The summed E-state index contributed by atoms with van der Waals surface area (Å²) >= 11 is 0. The first-order valence-corrected chi connectivity index (χ1v) is 5.02. The van der Waals surface area contributed by atoms with Crippen molar-refractivity contribution in [1.82, 2.24) is 10.5 Å². The van der Waals surface area contributed by atoms with Crippen LogP contribution in [0.2, 0.25) is 0 Å². The molecular weight excluding hydrogens is 212 g/mol. The van der Waals surface area contributed by atoms with Gasteiger partial charge in [0.1, 0.15) is 5.76 Å². The quantitative estimate of drug-likeness (QED) is 0.867. The Hall–Kier alpha value is -0.540. The van der Waals surface area contributed by atoms with E-state index in [0.717, 1.165) is 24.4 Å². The number of nitrogens with zero attached hydrogens (tertiary/aromatic N) is 1. The van der Waals surface area contributed by atoms with Gasteiger partial charge in [-0.1, -0.05) is 19.0 Å². The fourth-order valence-electron chi connectivity index (χ4n) is 1.77. The van der Waals surface area contributed by atoms with Crippen LogP contribution in [0.3, 0.4) is 0 Å². The maximum absolute atomic E-state index is 5.15. The molecule has 0 radical (unpaired) electrons. The highest BCUT2D eigenvalue weighted by Crippen LogP contribution is 2.24. The van der Waals surface area contributed by atoms with E-state index in [9.17, 15) is 0 Å². The van der Waals surface area contributed by atoms with Crippen molar-refractivity contribution < 1.29 is 4.52 Å². The summed E-state index contributed by atoms with van der Waals surface area (Å²) in [6, 6.07) is 0. The number of nitrogens with one attached hydrogen (secondary N) is 1. The van der Waals surface area contributed by atoms with E-state index in [1.807, 2.05) is 20.9 Å². The van der Waals surface area contributed by atoms with E-state index in [-0.39, 0.29) is 17.8 Å². The molecule has 0 aliphatic heterocycles. The van der Waals surface area contributed by atoms with E-state index < -0.39 is 0 Å². The number of aromatic nitrogens is 1. The van der Waals surface area contributed by atoms with Crippen LogP contribution in [0.5, 0.6) is 0 Å². The molecule has 1 N–H and O–H groups in total. The Labute approximate surface area is 98.0 Å². The van der Waals surface area contributed by atoms with Crippen LogP contribution >= 0.6 is 12.4 Å². The maximum atomic E-state index is 5.15. The largest absolute Gasteiger partial charge is 0.361 e. The molecule has 1 heterocycles. The Morgan fingerprint density at radius 1 is 1.33 bits per heavy atom. The molecule has 0 amide bonds. The summed E-state index contributed by atoms with van der Waals surface area (Å²) in [5.74, 6) is 0.951. The summed E-state index contributed by atoms with van der Waals surface area (Å²) in [5, 5.41) is 7.17. The molecule has 15 heavy (non-hydrogen) atoms. The molecular formula is C11H21ClN2O. The molecule has 0 atom stereocenters. The molecule has 0 spiro atoms. The predicted molar refractivity (Wildman–Crippen MR) is 64.6 cm³/mol. The highest BCUT2D eigenvalue weighted by Gasteiger charge is 2.21. The highest BCUT2D eigenvalue weighted by molar-refractivity contribution is 5.85. The molecule has 3 nitrogen and oxygen atoms in total. The van der Waals surface area contributed by atoms with Gasteiger partial charge < -0.3 is 9.84 Å². The summed E-state index contributed by atoms with van der Waals surface area (Å²) in [7, 11) is 1.98. The second-order valence-corrected chi connectivity index (χ2v) is 4.67. The molecule has 4 heteroatoms. The van der Waals surface area contributed by atoms with Crippen LogP contribution in [0, 0.1) is 19.3 Å². The van der Waals surface area contributed by atoms with E-state index in [1.54, 1.807) is 0 Å². The maximum Gasteiger partial charge on any atom is 0.137 e. The second kappa shape index (κ2) is 5.52. The van der Waals surface area contributed by atoms with Gasteiger partial charge in [-0.05, 0) is 32.7 Å². The molecule has 0 aromatic carbocycles. The van der Waals surface area contributed by atoms with Gasteiger partial charge in [-0.15, -0.1) is 12.4 Å². The molecule has 1 rings (SSSR count). The van der Waals surface area contributed by atoms with Crippen molar-refractivity contribution in [3.05, 3.63) is 17.0 Å². The van der Waals surface area contributed by atoms with Crippen LogP contribution in [0.1, 0.15) is 30.9 Å². The van der Waals surface area contributed by atoms with Gasteiger partial charge in [0.15, 0.2) is 0 Å². The predicted octanol–water partition coefficient (Wildman–Crippen LogP) is 2.50.